The van der Waals surface area contributed by atoms with Gasteiger partial charge in [-0.1, -0.05) is 49.6 Å². The zero-order valence-corrected chi connectivity index (χ0v) is 18.4. The van der Waals surface area contributed by atoms with Crippen molar-refractivity contribution in [2.24, 2.45) is 11.3 Å². The fourth-order valence-electron chi connectivity index (χ4n) is 5.80. The van der Waals surface area contributed by atoms with Gasteiger partial charge in [0.05, 0.1) is 19.3 Å². The highest BCUT2D eigenvalue weighted by molar-refractivity contribution is 5.80. The van der Waals surface area contributed by atoms with Crippen LogP contribution in [0.3, 0.4) is 0 Å². The van der Waals surface area contributed by atoms with Gasteiger partial charge >= 0.3 is 0 Å². The number of likely N-dealkylation sites (tertiary alicyclic amines) is 2. The predicted octanol–water partition coefficient (Wildman–Crippen LogP) is 4.01. The van der Waals surface area contributed by atoms with E-state index < -0.39 is 0 Å². The number of amides is 2. The average molecular weight is 413 g/mol. The maximum atomic E-state index is 13.5. The summed E-state index contributed by atoms with van der Waals surface area (Å²) in [6.45, 7) is 5.16. The van der Waals surface area contributed by atoms with Gasteiger partial charge in [-0.25, -0.2) is 0 Å². The molecule has 3 aliphatic rings. The molecular formula is C25H36N2O3. The van der Waals surface area contributed by atoms with E-state index in [1.54, 1.807) is 6.92 Å². The van der Waals surface area contributed by atoms with Gasteiger partial charge in [0, 0.05) is 32.5 Å². The second-order valence-corrected chi connectivity index (χ2v) is 9.67. The van der Waals surface area contributed by atoms with E-state index in [-0.39, 0.29) is 17.9 Å². The molecule has 4 rings (SSSR count). The summed E-state index contributed by atoms with van der Waals surface area (Å²) in [5.41, 5.74) is 1.48. The molecule has 164 valence electrons. The molecule has 2 saturated heterocycles. The van der Waals surface area contributed by atoms with Crippen LogP contribution in [0.5, 0.6) is 0 Å². The number of hydrogen-bond acceptors (Lipinski definition) is 3. The molecule has 30 heavy (non-hydrogen) atoms. The average Bonchev–Trinajstić information content (AvgIpc) is 3.12. The van der Waals surface area contributed by atoms with Gasteiger partial charge in [0.25, 0.3) is 0 Å². The largest absolute Gasteiger partial charge is 0.375 e. The monoisotopic (exact) mass is 412 g/mol. The Bertz CT molecular complexity index is 721. The van der Waals surface area contributed by atoms with Crippen molar-refractivity contribution in [1.82, 2.24) is 9.80 Å². The van der Waals surface area contributed by atoms with E-state index in [9.17, 15) is 9.59 Å². The molecule has 2 heterocycles. The van der Waals surface area contributed by atoms with Crippen molar-refractivity contribution in [3.8, 4) is 0 Å². The Balaban J connectivity index is 1.40. The molecule has 1 atom stereocenters. The first-order chi connectivity index (χ1) is 14.6. The van der Waals surface area contributed by atoms with E-state index in [0.717, 1.165) is 25.8 Å². The quantitative estimate of drug-likeness (QED) is 0.734. The Hall–Kier alpha value is -1.88. The Morgan fingerprint density at radius 3 is 2.43 bits per heavy atom. The van der Waals surface area contributed by atoms with Gasteiger partial charge in [0.1, 0.15) is 0 Å². The number of rotatable bonds is 5. The van der Waals surface area contributed by atoms with Crippen LogP contribution >= 0.6 is 0 Å². The third-order valence-corrected chi connectivity index (χ3v) is 7.52. The van der Waals surface area contributed by atoms with Crippen LogP contribution in [0.2, 0.25) is 0 Å². The van der Waals surface area contributed by atoms with Crippen molar-refractivity contribution in [3.63, 3.8) is 0 Å². The van der Waals surface area contributed by atoms with Crippen molar-refractivity contribution >= 4 is 11.8 Å². The van der Waals surface area contributed by atoms with Crippen molar-refractivity contribution < 1.29 is 14.3 Å². The first-order valence-corrected chi connectivity index (χ1v) is 11.7. The van der Waals surface area contributed by atoms with Gasteiger partial charge < -0.3 is 14.5 Å². The third-order valence-electron chi connectivity index (χ3n) is 7.52. The zero-order chi connectivity index (χ0) is 21.0. The maximum Gasteiger partial charge on any atom is 0.226 e. The number of ether oxygens (including phenoxy) is 1. The number of hydrogen-bond donors (Lipinski definition) is 0. The first kappa shape index (κ1) is 21.4. The van der Waals surface area contributed by atoms with Crippen LogP contribution in [0.4, 0.5) is 0 Å². The van der Waals surface area contributed by atoms with Gasteiger partial charge in [-0.15, -0.1) is 0 Å². The summed E-state index contributed by atoms with van der Waals surface area (Å²) in [6.07, 6.45) is 9.06. The Kier molecular flexibility index (Phi) is 6.77. The van der Waals surface area contributed by atoms with Gasteiger partial charge in [0.2, 0.25) is 11.8 Å². The van der Waals surface area contributed by atoms with Crippen LogP contribution in [0.1, 0.15) is 63.9 Å². The summed E-state index contributed by atoms with van der Waals surface area (Å²) in [5.74, 6) is 0.473. The van der Waals surface area contributed by atoms with Crippen LogP contribution < -0.4 is 0 Å². The first-order valence-electron chi connectivity index (χ1n) is 11.7. The summed E-state index contributed by atoms with van der Waals surface area (Å²) in [4.78, 5) is 29.2. The fourth-order valence-corrected chi connectivity index (χ4v) is 5.80. The SMILES string of the molecule is CC(=O)N1CCC(C(=O)N2CC3(CCCCC3)CC2COCc2ccccc2)CC1. The second-order valence-electron chi connectivity index (χ2n) is 9.67. The fraction of sp³-hybridized carbons (Fsp3) is 0.680. The lowest BCUT2D eigenvalue weighted by Crippen LogP contribution is -2.46. The highest BCUT2D eigenvalue weighted by Gasteiger charge is 2.47. The van der Waals surface area contributed by atoms with Gasteiger partial charge in [-0.3, -0.25) is 9.59 Å². The molecule has 1 aliphatic carbocycles. The van der Waals surface area contributed by atoms with Crippen LogP contribution in [0.15, 0.2) is 30.3 Å². The van der Waals surface area contributed by atoms with Gasteiger partial charge in [-0.2, -0.15) is 0 Å². The standard InChI is InChI=1S/C25H36N2O3/c1-20(28)26-14-10-22(11-15-26)24(29)27-19-25(12-6-3-7-13-25)16-23(27)18-30-17-21-8-4-2-5-9-21/h2,4-5,8-9,22-23H,3,6-7,10-19H2,1H3. The lowest BCUT2D eigenvalue weighted by molar-refractivity contribution is -0.142. The highest BCUT2D eigenvalue weighted by atomic mass is 16.5. The molecule has 0 radical (unpaired) electrons. The molecule has 0 bridgehead atoms. The van der Waals surface area contributed by atoms with Gasteiger partial charge in [0.15, 0.2) is 0 Å². The van der Waals surface area contributed by atoms with E-state index in [1.165, 1.54) is 37.7 Å². The summed E-state index contributed by atoms with van der Waals surface area (Å²) in [6, 6.07) is 10.4. The molecule has 5 heteroatoms. The highest BCUT2D eigenvalue weighted by Crippen LogP contribution is 2.47. The summed E-state index contributed by atoms with van der Waals surface area (Å²) in [5, 5.41) is 0. The molecule has 1 unspecified atom stereocenters. The number of benzene rings is 1. The summed E-state index contributed by atoms with van der Waals surface area (Å²) >= 11 is 0. The minimum atomic E-state index is 0.0518. The Labute approximate surface area is 180 Å². The van der Waals surface area contributed by atoms with Crippen LogP contribution in [0.25, 0.3) is 0 Å². The third kappa shape index (κ3) is 4.88. The number of carbonyl (C=O) groups is 2. The molecule has 1 aromatic rings. The molecule has 1 aromatic carbocycles. The molecular weight excluding hydrogens is 376 g/mol. The minimum Gasteiger partial charge on any atom is -0.375 e. The Morgan fingerprint density at radius 1 is 1.07 bits per heavy atom. The van der Waals surface area contributed by atoms with Crippen molar-refractivity contribution in [1.29, 1.82) is 0 Å². The van der Waals surface area contributed by atoms with Crippen molar-refractivity contribution in [2.75, 3.05) is 26.2 Å². The molecule has 3 fully saturated rings. The van der Waals surface area contributed by atoms with Crippen molar-refractivity contribution in [2.45, 2.75) is 70.9 Å². The molecule has 1 spiro atoms. The normalized spacial score (nSPS) is 24.4. The molecule has 2 amide bonds. The van der Waals surface area contributed by atoms with E-state index >= 15 is 0 Å². The van der Waals surface area contributed by atoms with Crippen LogP contribution in [-0.2, 0) is 20.9 Å². The smallest absolute Gasteiger partial charge is 0.226 e. The number of nitrogens with zero attached hydrogens (tertiary/aromatic N) is 2. The molecule has 5 nitrogen and oxygen atoms in total. The lowest BCUT2D eigenvalue weighted by atomic mass is 9.73. The number of carbonyl (C=O) groups excluding carboxylic acids is 2. The van der Waals surface area contributed by atoms with Crippen LogP contribution in [0, 0.1) is 11.3 Å². The molecule has 0 aromatic heterocycles. The predicted molar refractivity (Wildman–Crippen MR) is 117 cm³/mol. The van der Waals surface area contributed by atoms with E-state index in [2.05, 4.69) is 17.0 Å². The Morgan fingerprint density at radius 2 is 1.77 bits per heavy atom. The molecule has 2 aliphatic heterocycles. The number of piperidine rings is 1. The lowest BCUT2D eigenvalue weighted by Gasteiger charge is -2.36. The zero-order valence-electron chi connectivity index (χ0n) is 18.4. The second kappa shape index (κ2) is 9.51. The van der Waals surface area contributed by atoms with E-state index in [4.69, 9.17) is 4.74 Å². The van der Waals surface area contributed by atoms with Gasteiger partial charge in [-0.05, 0) is 43.1 Å². The van der Waals surface area contributed by atoms with E-state index in [0.29, 0.717) is 37.6 Å². The minimum absolute atomic E-state index is 0.0518. The van der Waals surface area contributed by atoms with E-state index in [1.807, 2.05) is 23.1 Å². The summed E-state index contributed by atoms with van der Waals surface area (Å²) < 4.78 is 6.11. The summed E-state index contributed by atoms with van der Waals surface area (Å²) in [7, 11) is 0. The van der Waals surface area contributed by atoms with Crippen molar-refractivity contribution in [3.05, 3.63) is 35.9 Å². The topological polar surface area (TPSA) is 49.9 Å². The molecule has 0 N–H and O–H groups in total. The van der Waals surface area contributed by atoms with Crippen LogP contribution in [-0.4, -0.2) is 53.9 Å². The maximum absolute atomic E-state index is 13.5. The molecule has 1 saturated carbocycles.